The van der Waals surface area contributed by atoms with Crippen molar-refractivity contribution in [3.63, 3.8) is 0 Å². The molecule has 0 heterocycles. The Morgan fingerprint density at radius 2 is 1.75 bits per heavy atom. The smallest absolute Gasteiger partial charge is 0.445 e. The molecular weight excluding hydrogens is 194 g/mol. The molecule has 0 amide bonds. The molecular formula is C6H3BClF4-. The maximum atomic E-state index is 12.3. The van der Waals surface area contributed by atoms with Crippen molar-refractivity contribution in [3.8, 4) is 0 Å². The second-order valence-electron chi connectivity index (χ2n) is 2.24. The maximum absolute atomic E-state index is 12.3. The van der Waals surface area contributed by atoms with Gasteiger partial charge in [0.25, 0.3) is 0 Å². The predicted molar refractivity (Wildman–Crippen MR) is 40.1 cm³/mol. The van der Waals surface area contributed by atoms with E-state index in [-0.39, 0.29) is 0 Å². The summed E-state index contributed by atoms with van der Waals surface area (Å²) >= 11 is 5.21. The molecule has 0 spiro atoms. The molecule has 0 bridgehead atoms. The third-order valence-corrected chi connectivity index (χ3v) is 1.65. The fraction of sp³-hybridized carbons (Fsp3) is 0. The van der Waals surface area contributed by atoms with Crippen LogP contribution in [0.2, 0.25) is 5.02 Å². The van der Waals surface area contributed by atoms with Gasteiger partial charge in [-0.25, -0.2) is 4.39 Å². The van der Waals surface area contributed by atoms with Crippen molar-refractivity contribution in [1.82, 2.24) is 0 Å². The van der Waals surface area contributed by atoms with Crippen molar-refractivity contribution < 1.29 is 17.3 Å². The zero-order valence-electron chi connectivity index (χ0n) is 5.70. The summed E-state index contributed by atoms with van der Waals surface area (Å²) in [7, 11) is 0. The fourth-order valence-corrected chi connectivity index (χ4v) is 1.01. The van der Waals surface area contributed by atoms with E-state index in [2.05, 4.69) is 0 Å². The predicted octanol–water partition coefficient (Wildman–Crippen LogP) is 2.53. The van der Waals surface area contributed by atoms with E-state index in [9.17, 15) is 17.3 Å². The Bertz CT molecular complexity index is 296. The van der Waals surface area contributed by atoms with Crippen molar-refractivity contribution in [2.45, 2.75) is 0 Å². The molecule has 0 nitrogen and oxygen atoms in total. The monoisotopic (exact) mass is 197 g/mol. The minimum Gasteiger partial charge on any atom is -0.445 e. The van der Waals surface area contributed by atoms with E-state index in [0.29, 0.717) is 6.07 Å². The Kier molecular flexibility index (Phi) is 2.33. The van der Waals surface area contributed by atoms with Crippen molar-refractivity contribution in [3.05, 3.63) is 29.0 Å². The summed E-state index contributed by atoms with van der Waals surface area (Å²) < 4.78 is 48.4. The first kappa shape index (κ1) is 9.38. The van der Waals surface area contributed by atoms with Gasteiger partial charge in [0, 0.05) is 5.02 Å². The molecule has 1 aromatic rings. The highest BCUT2D eigenvalue weighted by atomic mass is 35.5. The van der Waals surface area contributed by atoms with Crippen LogP contribution in [0.15, 0.2) is 18.2 Å². The molecule has 0 aliphatic carbocycles. The molecule has 1 rings (SSSR count). The highest BCUT2D eigenvalue weighted by Crippen LogP contribution is 2.16. The highest BCUT2D eigenvalue weighted by molar-refractivity contribution is 6.75. The van der Waals surface area contributed by atoms with Crippen molar-refractivity contribution in [1.29, 1.82) is 0 Å². The van der Waals surface area contributed by atoms with Crippen LogP contribution < -0.4 is 5.46 Å². The van der Waals surface area contributed by atoms with Crippen LogP contribution in [-0.2, 0) is 0 Å². The van der Waals surface area contributed by atoms with Crippen LogP contribution >= 0.6 is 11.6 Å². The average Bonchev–Trinajstić information content (AvgIpc) is 1.92. The molecule has 6 heteroatoms. The summed E-state index contributed by atoms with van der Waals surface area (Å²) in [5.41, 5.74) is -1.09. The Morgan fingerprint density at radius 3 is 2.17 bits per heavy atom. The van der Waals surface area contributed by atoms with Crippen molar-refractivity contribution in [2.24, 2.45) is 0 Å². The van der Waals surface area contributed by atoms with Gasteiger partial charge in [-0.3, -0.25) is 0 Å². The summed E-state index contributed by atoms with van der Waals surface area (Å²) in [6.07, 6.45) is 0. The van der Waals surface area contributed by atoms with Crippen LogP contribution in [0.4, 0.5) is 17.3 Å². The molecule has 0 unspecified atom stereocenters. The van der Waals surface area contributed by atoms with E-state index in [0.717, 1.165) is 12.1 Å². The SMILES string of the molecule is Fc1ccc(Cl)c([B-](F)(F)F)c1. The minimum absolute atomic E-state index is 0.391. The second kappa shape index (κ2) is 2.97. The zero-order valence-corrected chi connectivity index (χ0v) is 6.46. The molecule has 66 valence electrons. The molecule has 0 fully saturated rings. The normalized spacial score (nSPS) is 11.8. The summed E-state index contributed by atoms with van der Waals surface area (Å²) in [4.78, 5) is 0. The third-order valence-electron chi connectivity index (χ3n) is 1.31. The summed E-state index contributed by atoms with van der Waals surface area (Å²) in [5, 5.41) is -0.469. The lowest BCUT2D eigenvalue weighted by Crippen LogP contribution is -2.35. The van der Waals surface area contributed by atoms with Gasteiger partial charge in [-0.1, -0.05) is 23.1 Å². The number of halogens is 5. The van der Waals surface area contributed by atoms with Gasteiger partial charge in [-0.05, 0) is 12.1 Å². The second-order valence-corrected chi connectivity index (χ2v) is 2.65. The molecule has 0 aromatic heterocycles. The Labute approximate surface area is 71.2 Å². The van der Waals surface area contributed by atoms with Gasteiger partial charge in [-0.2, -0.15) is 0 Å². The van der Waals surface area contributed by atoms with E-state index < -0.39 is 23.3 Å². The molecule has 0 radical (unpaired) electrons. The number of hydrogen-bond acceptors (Lipinski definition) is 0. The lowest BCUT2D eigenvalue weighted by Gasteiger charge is -2.16. The van der Waals surface area contributed by atoms with Crippen molar-refractivity contribution in [2.75, 3.05) is 0 Å². The lowest BCUT2D eigenvalue weighted by molar-refractivity contribution is 0.500. The standard InChI is InChI=1S/C6H3BClF4/c8-6-2-1-4(9)3-5(6)7(10,11)12/h1-3H/q-1. The molecule has 0 saturated carbocycles. The van der Waals surface area contributed by atoms with E-state index in [1.54, 1.807) is 0 Å². The first-order valence-corrected chi connectivity index (χ1v) is 3.44. The van der Waals surface area contributed by atoms with Gasteiger partial charge in [-0.15, -0.1) is 0 Å². The molecule has 1 aromatic carbocycles. The quantitative estimate of drug-likeness (QED) is 0.479. The van der Waals surface area contributed by atoms with E-state index in [4.69, 9.17) is 11.6 Å². The summed E-state index contributed by atoms with van der Waals surface area (Å²) in [5.74, 6) is -0.936. The first-order valence-electron chi connectivity index (χ1n) is 3.06. The molecule has 0 saturated heterocycles. The number of rotatable bonds is 1. The Hall–Kier alpha value is -0.705. The Balaban J connectivity index is 3.23. The van der Waals surface area contributed by atoms with Gasteiger partial charge in [0.15, 0.2) is 0 Å². The van der Waals surface area contributed by atoms with E-state index in [1.807, 2.05) is 0 Å². The lowest BCUT2D eigenvalue weighted by atomic mass is 9.80. The van der Waals surface area contributed by atoms with Crippen LogP contribution in [0, 0.1) is 5.82 Å². The average molecular weight is 197 g/mol. The van der Waals surface area contributed by atoms with Gasteiger partial charge in [0.2, 0.25) is 0 Å². The molecule has 12 heavy (non-hydrogen) atoms. The van der Waals surface area contributed by atoms with Crippen LogP contribution in [-0.4, -0.2) is 6.98 Å². The Morgan fingerprint density at radius 1 is 1.17 bits per heavy atom. The summed E-state index contributed by atoms with van der Waals surface area (Å²) in [6.45, 7) is -5.22. The topological polar surface area (TPSA) is 0 Å². The fourth-order valence-electron chi connectivity index (χ4n) is 0.765. The summed E-state index contributed by atoms with van der Waals surface area (Å²) in [6, 6.07) is 2.16. The zero-order chi connectivity index (χ0) is 9.35. The van der Waals surface area contributed by atoms with Gasteiger partial charge >= 0.3 is 6.98 Å². The number of benzene rings is 1. The maximum Gasteiger partial charge on any atom is 0.511 e. The molecule has 0 atom stereocenters. The van der Waals surface area contributed by atoms with Crippen LogP contribution in [0.25, 0.3) is 0 Å². The number of hydrogen-bond donors (Lipinski definition) is 0. The largest absolute Gasteiger partial charge is 0.511 e. The van der Waals surface area contributed by atoms with Crippen LogP contribution in [0.3, 0.4) is 0 Å². The van der Waals surface area contributed by atoms with Gasteiger partial charge < -0.3 is 12.9 Å². The van der Waals surface area contributed by atoms with Crippen LogP contribution in [0.5, 0.6) is 0 Å². The highest BCUT2D eigenvalue weighted by Gasteiger charge is 2.28. The van der Waals surface area contributed by atoms with Gasteiger partial charge in [0.1, 0.15) is 5.82 Å². The van der Waals surface area contributed by atoms with Crippen molar-refractivity contribution >= 4 is 24.0 Å². The molecule has 0 aliphatic heterocycles. The molecule has 0 N–H and O–H groups in total. The van der Waals surface area contributed by atoms with E-state index >= 15 is 0 Å². The minimum atomic E-state index is -5.22. The first-order chi connectivity index (χ1) is 5.41. The van der Waals surface area contributed by atoms with Crippen LogP contribution in [0.1, 0.15) is 0 Å². The van der Waals surface area contributed by atoms with E-state index in [1.165, 1.54) is 0 Å². The molecule has 0 aliphatic rings. The van der Waals surface area contributed by atoms with Gasteiger partial charge in [0.05, 0.1) is 0 Å². The third kappa shape index (κ3) is 1.91.